The van der Waals surface area contributed by atoms with Gasteiger partial charge in [-0.2, -0.15) is 0 Å². The van der Waals surface area contributed by atoms with Gasteiger partial charge >= 0.3 is 0 Å². The number of aryl methyl sites for hydroxylation is 1. The number of carbonyl (C=O) groups is 2. The first-order chi connectivity index (χ1) is 16.5. The average Bonchev–Trinajstić information content (AvgIpc) is 3.12. The van der Waals surface area contributed by atoms with Crippen molar-refractivity contribution in [1.82, 2.24) is 9.80 Å². The van der Waals surface area contributed by atoms with Crippen molar-refractivity contribution in [3.8, 4) is 0 Å². The zero-order valence-electron chi connectivity index (χ0n) is 19.9. The zero-order chi connectivity index (χ0) is 23.5. The molecule has 6 heteroatoms. The van der Waals surface area contributed by atoms with Crippen LogP contribution in [-0.4, -0.2) is 73.2 Å². The summed E-state index contributed by atoms with van der Waals surface area (Å²) in [6.45, 7) is 6.11. The molecule has 3 fully saturated rings. The Kier molecular flexibility index (Phi) is 6.70. The van der Waals surface area contributed by atoms with Crippen molar-refractivity contribution in [3.05, 3.63) is 71.3 Å². The number of likely N-dealkylation sites (tertiary alicyclic amines) is 1. The highest BCUT2D eigenvalue weighted by atomic mass is 16.5. The maximum Gasteiger partial charge on any atom is 0.257 e. The maximum atomic E-state index is 13.9. The van der Waals surface area contributed by atoms with E-state index in [9.17, 15) is 9.59 Å². The molecule has 0 aromatic heterocycles. The molecule has 1 spiro atoms. The SMILES string of the molecule is Cc1ccc(CC(=O)N2CCO[C@]3(C2)C(=O)N(CC2CCOCC2)C[C@H]3c2ccccc2)cc1. The van der Waals surface area contributed by atoms with Crippen molar-refractivity contribution in [2.45, 2.75) is 37.7 Å². The lowest BCUT2D eigenvalue weighted by Crippen LogP contribution is -2.59. The standard InChI is InChI=1S/C28H34N2O4/c1-21-7-9-22(10-8-21)17-26(31)29-13-16-34-28(20-29)25(24-5-3-2-4-6-24)19-30(27(28)32)18-23-11-14-33-15-12-23/h2-10,23,25H,11-20H2,1H3/t25-,28-/m0/s1. The second-order valence-corrected chi connectivity index (χ2v) is 9.94. The number of carbonyl (C=O) groups excluding carboxylic acids is 2. The van der Waals surface area contributed by atoms with Gasteiger partial charge in [-0.15, -0.1) is 0 Å². The van der Waals surface area contributed by atoms with E-state index in [4.69, 9.17) is 9.47 Å². The van der Waals surface area contributed by atoms with E-state index >= 15 is 0 Å². The molecule has 3 heterocycles. The number of rotatable bonds is 5. The van der Waals surface area contributed by atoms with Crippen molar-refractivity contribution in [1.29, 1.82) is 0 Å². The van der Waals surface area contributed by atoms with Gasteiger partial charge in [0, 0.05) is 38.8 Å². The van der Waals surface area contributed by atoms with Gasteiger partial charge in [0.05, 0.1) is 19.6 Å². The molecule has 3 aliphatic heterocycles. The lowest BCUT2D eigenvalue weighted by Gasteiger charge is -2.42. The Hall–Kier alpha value is -2.70. The Morgan fingerprint density at radius 2 is 1.76 bits per heavy atom. The smallest absolute Gasteiger partial charge is 0.257 e. The molecule has 5 rings (SSSR count). The number of amides is 2. The fourth-order valence-corrected chi connectivity index (χ4v) is 5.62. The van der Waals surface area contributed by atoms with Gasteiger partial charge in [-0.25, -0.2) is 0 Å². The van der Waals surface area contributed by atoms with Crippen LogP contribution in [0.15, 0.2) is 54.6 Å². The van der Waals surface area contributed by atoms with Crippen LogP contribution in [0.1, 0.15) is 35.4 Å². The predicted octanol–water partition coefficient (Wildman–Crippen LogP) is 3.19. The minimum absolute atomic E-state index is 0.0284. The zero-order valence-corrected chi connectivity index (χ0v) is 19.9. The van der Waals surface area contributed by atoms with E-state index in [2.05, 4.69) is 12.1 Å². The molecule has 34 heavy (non-hydrogen) atoms. The molecule has 6 nitrogen and oxygen atoms in total. The quantitative estimate of drug-likeness (QED) is 0.685. The fourth-order valence-electron chi connectivity index (χ4n) is 5.62. The fraction of sp³-hybridized carbons (Fsp3) is 0.500. The van der Waals surface area contributed by atoms with Crippen LogP contribution in [0, 0.1) is 12.8 Å². The lowest BCUT2D eigenvalue weighted by molar-refractivity contribution is -0.167. The Balaban J connectivity index is 1.38. The summed E-state index contributed by atoms with van der Waals surface area (Å²) >= 11 is 0. The molecule has 0 unspecified atom stereocenters. The van der Waals surface area contributed by atoms with E-state index < -0.39 is 5.60 Å². The minimum atomic E-state index is -1.02. The maximum absolute atomic E-state index is 13.9. The first-order valence-electron chi connectivity index (χ1n) is 12.4. The van der Waals surface area contributed by atoms with E-state index in [1.165, 1.54) is 5.56 Å². The van der Waals surface area contributed by atoms with Crippen LogP contribution in [0.3, 0.4) is 0 Å². The summed E-state index contributed by atoms with van der Waals surface area (Å²) in [6, 6.07) is 18.2. The molecule has 2 atom stereocenters. The summed E-state index contributed by atoms with van der Waals surface area (Å²) in [7, 11) is 0. The average molecular weight is 463 g/mol. The van der Waals surface area contributed by atoms with Gasteiger partial charge in [0.1, 0.15) is 0 Å². The second kappa shape index (κ2) is 9.88. The number of nitrogens with zero attached hydrogens (tertiary/aromatic N) is 2. The molecule has 3 saturated heterocycles. The van der Waals surface area contributed by atoms with Crippen LogP contribution in [0.2, 0.25) is 0 Å². The molecule has 2 aromatic carbocycles. The monoisotopic (exact) mass is 462 g/mol. The van der Waals surface area contributed by atoms with E-state index in [0.717, 1.165) is 43.7 Å². The highest BCUT2D eigenvalue weighted by molar-refractivity contribution is 5.91. The molecular weight excluding hydrogens is 428 g/mol. The topological polar surface area (TPSA) is 59.1 Å². The van der Waals surface area contributed by atoms with Crippen LogP contribution in [0.5, 0.6) is 0 Å². The van der Waals surface area contributed by atoms with Crippen LogP contribution in [0.25, 0.3) is 0 Å². The Bertz CT molecular complexity index is 1000. The highest BCUT2D eigenvalue weighted by Gasteiger charge is 2.58. The molecule has 2 aromatic rings. The third kappa shape index (κ3) is 4.62. The number of benzene rings is 2. The van der Waals surface area contributed by atoms with E-state index in [0.29, 0.717) is 38.6 Å². The van der Waals surface area contributed by atoms with Crippen LogP contribution in [0.4, 0.5) is 0 Å². The number of hydrogen-bond donors (Lipinski definition) is 0. The predicted molar refractivity (Wildman–Crippen MR) is 129 cm³/mol. The first kappa shape index (κ1) is 23.1. The first-order valence-corrected chi connectivity index (χ1v) is 12.4. The van der Waals surface area contributed by atoms with Gasteiger partial charge < -0.3 is 19.3 Å². The molecule has 2 amide bonds. The number of morpholine rings is 1. The largest absolute Gasteiger partial charge is 0.381 e. The lowest BCUT2D eigenvalue weighted by atomic mass is 9.83. The summed E-state index contributed by atoms with van der Waals surface area (Å²) in [5.74, 6) is 0.429. The second-order valence-electron chi connectivity index (χ2n) is 9.94. The van der Waals surface area contributed by atoms with Crippen LogP contribution >= 0.6 is 0 Å². The van der Waals surface area contributed by atoms with E-state index in [-0.39, 0.29) is 17.7 Å². The van der Waals surface area contributed by atoms with Gasteiger partial charge in [0.25, 0.3) is 5.91 Å². The summed E-state index contributed by atoms with van der Waals surface area (Å²) in [6.07, 6.45) is 2.30. The van der Waals surface area contributed by atoms with Crippen molar-refractivity contribution >= 4 is 11.8 Å². The van der Waals surface area contributed by atoms with Gasteiger partial charge in [-0.05, 0) is 36.8 Å². The molecule has 180 valence electrons. The Morgan fingerprint density at radius 3 is 2.50 bits per heavy atom. The molecule has 3 aliphatic rings. The number of ether oxygens (including phenoxy) is 2. The summed E-state index contributed by atoms with van der Waals surface area (Å²) in [5.41, 5.74) is 2.24. The van der Waals surface area contributed by atoms with Crippen molar-refractivity contribution < 1.29 is 19.1 Å². The van der Waals surface area contributed by atoms with Gasteiger partial charge in [-0.3, -0.25) is 9.59 Å². The molecule has 0 radical (unpaired) electrons. The molecule has 0 N–H and O–H groups in total. The summed E-state index contributed by atoms with van der Waals surface area (Å²) in [5, 5.41) is 0. The molecule has 0 bridgehead atoms. The van der Waals surface area contributed by atoms with Gasteiger partial charge in [0.2, 0.25) is 5.91 Å². The third-order valence-corrected chi connectivity index (χ3v) is 7.61. The van der Waals surface area contributed by atoms with E-state index in [1.54, 1.807) is 0 Å². The van der Waals surface area contributed by atoms with Crippen LogP contribution < -0.4 is 0 Å². The molecule has 0 aliphatic carbocycles. The van der Waals surface area contributed by atoms with Gasteiger partial charge in [0.15, 0.2) is 5.60 Å². The van der Waals surface area contributed by atoms with Crippen molar-refractivity contribution in [3.63, 3.8) is 0 Å². The minimum Gasteiger partial charge on any atom is -0.381 e. The summed E-state index contributed by atoms with van der Waals surface area (Å²) in [4.78, 5) is 31.0. The summed E-state index contributed by atoms with van der Waals surface area (Å²) < 4.78 is 11.9. The Morgan fingerprint density at radius 1 is 1.03 bits per heavy atom. The molecule has 0 saturated carbocycles. The van der Waals surface area contributed by atoms with Gasteiger partial charge in [-0.1, -0.05) is 60.2 Å². The third-order valence-electron chi connectivity index (χ3n) is 7.61. The van der Waals surface area contributed by atoms with Crippen LogP contribution in [-0.2, 0) is 25.5 Å². The van der Waals surface area contributed by atoms with Crippen molar-refractivity contribution in [2.75, 3.05) is 46.0 Å². The Labute approximate surface area is 201 Å². The molecular formula is C28H34N2O4. The van der Waals surface area contributed by atoms with Crippen molar-refractivity contribution in [2.24, 2.45) is 5.92 Å². The van der Waals surface area contributed by atoms with E-state index in [1.807, 2.05) is 59.2 Å². The highest BCUT2D eigenvalue weighted by Crippen LogP contribution is 2.42. The number of hydrogen-bond acceptors (Lipinski definition) is 4. The normalized spacial score (nSPS) is 25.8.